The molecule has 0 saturated carbocycles. The summed E-state index contributed by atoms with van der Waals surface area (Å²) in [4.78, 5) is 11.7. The van der Waals surface area contributed by atoms with E-state index in [0.29, 0.717) is 0 Å². The van der Waals surface area contributed by atoms with Crippen LogP contribution in [-0.4, -0.2) is 12.5 Å². The lowest BCUT2D eigenvalue weighted by Crippen LogP contribution is -2.15. The van der Waals surface area contributed by atoms with E-state index in [4.69, 9.17) is 0 Å². The number of carbonyl (C=O) groups excluding carboxylic acids is 1. The summed E-state index contributed by atoms with van der Waals surface area (Å²) in [6, 6.07) is 6.06. The number of fused-ring (bicyclic) bond motifs is 1. The van der Waals surface area contributed by atoms with Crippen molar-refractivity contribution < 1.29 is 4.79 Å². The van der Waals surface area contributed by atoms with Gasteiger partial charge in [0.1, 0.15) is 0 Å². The van der Waals surface area contributed by atoms with E-state index in [-0.39, 0.29) is 5.91 Å². The van der Waals surface area contributed by atoms with E-state index >= 15 is 0 Å². The van der Waals surface area contributed by atoms with Crippen LogP contribution in [0.15, 0.2) is 29.8 Å². The SMILES string of the molecule is C/C=C(/C)C(=O)Nc1ccc2c(c1)NCCC2. The maximum absolute atomic E-state index is 11.7. The second-order valence-electron chi connectivity index (χ2n) is 4.33. The van der Waals surface area contributed by atoms with Gasteiger partial charge in [-0.25, -0.2) is 0 Å². The Bertz CT molecular complexity index is 463. The molecular weight excluding hydrogens is 212 g/mol. The van der Waals surface area contributed by atoms with Crippen molar-refractivity contribution in [1.82, 2.24) is 0 Å². The molecular formula is C14H18N2O. The van der Waals surface area contributed by atoms with E-state index < -0.39 is 0 Å². The van der Waals surface area contributed by atoms with Crippen molar-refractivity contribution in [2.24, 2.45) is 0 Å². The van der Waals surface area contributed by atoms with Crippen LogP contribution in [0.3, 0.4) is 0 Å². The molecule has 0 aliphatic carbocycles. The van der Waals surface area contributed by atoms with Crippen LogP contribution in [0, 0.1) is 0 Å². The fraction of sp³-hybridized carbons (Fsp3) is 0.357. The highest BCUT2D eigenvalue weighted by Gasteiger charge is 2.10. The van der Waals surface area contributed by atoms with Gasteiger partial charge in [-0.15, -0.1) is 0 Å². The molecule has 0 fully saturated rings. The summed E-state index contributed by atoms with van der Waals surface area (Å²) >= 11 is 0. The highest BCUT2D eigenvalue weighted by molar-refractivity contribution is 6.03. The summed E-state index contributed by atoms with van der Waals surface area (Å²) in [5.41, 5.74) is 4.06. The maximum Gasteiger partial charge on any atom is 0.250 e. The molecule has 1 heterocycles. The molecule has 0 bridgehead atoms. The van der Waals surface area contributed by atoms with Gasteiger partial charge in [-0.1, -0.05) is 12.1 Å². The van der Waals surface area contributed by atoms with E-state index in [2.05, 4.69) is 16.7 Å². The van der Waals surface area contributed by atoms with Crippen LogP contribution in [-0.2, 0) is 11.2 Å². The van der Waals surface area contributed by atoms with Crippen LogP contribution in [0.4, 0.5) is 11.4 Å². The minimum absolute atomic E-state index is 0.0386. The number of benzene rings is 1. The molecule has 1 aliphatic rings. The minimum Gasteiger partial charge on any atom is -0.385 e. The third-order valence-electron chi connectivity index (χ3n) is 3.10. The highest BCUT2D eigenvalue weighted by atomic mass is 16.1. The summed E-state index contributed by atoms with van der Waals surface area (Å²) in [5, 5.41) is 6.25. The second-order valence-corrected chi connectivity index (χ2v) is 4.33. The molecule has 1 amide bonds. The van der Waals surface area contributed by atoms with Crippen LogP contribution in [0.2, 0.25) is 0 Å². The standard InChI is InChI=1S/C14H18N2O/c1-3-10(2)14(17)16-12-7-6-11-5-4-8-15-13(11)9-12/h3,6-7,9,15H,4-5,8H2,1-2H3,(H,16,17)/b10-3-. The number of carbonyl (C=O) groups is 1. The van der Waals surface area contributed by atoms with E-state index in [1.807, 2.05) is 32.1 Å². The molecule has 90 valence electrons. The lowest BCUT2D eigenvalue weighted by Gasteiger charge is -2.18. The Labute approximate surface area is 102 Å². The molecule has 0 spiro atoms. The number of allylic oxidation sites excluding steroid dienone is 1. The Morgan fingerprint density at radius 3 is 3.06 bits per heavy atom. The lowest BCUT2D eigenvalue weighted by atomic mass is 10.0. The summed E-state index contributed by atoms with van der Waals surface area (Å²) < 4.78 is 0. The normalized spacial score (nSPS) is 14.8. The molecule has 3 nitrogen and oxygen atoms in total. The third kappa shape index (κ3) is 2.67. The third-order valence-corrected chi connectivity index (χ3v) is 3.10. The average molecular weight is 230 g/mol. The predicted octanol–water partition coefficient (Wildman–Crippen LogP) is 2.95. The van der Waals surface area contributed by atoms with Gasteiger partial charge in [0.2, 0.25) is 0 Å². The zero-order valence-corrected chi connectivity index (χ0v) is 10.3. The van der Waals surface area contributed by atoms with Gasteiger partial charge >= 0.3 is 0 Å². The number of amides is 1. The Balaban J connectivity index is 2.15. The Morgan fingerprint density at radius 2 is 2.29 bits per heavy atom. The summed E-state index contributed by atoms with van der Waals surface area (Å²) in [5.74, 6) is -0.0386. The number of rotatable bonds is 2. The molecule has 3 heteroatoms. The maximum atomic E-state index is 11.7. The molecule has 0 aromatic heterocycles. The van der Waals surface area contributed by atoms with E-state index in [1.165, 1.54) is 12.0 Å². The second kappa shape index (κ2) is 5.04. The molecule has 0 radical (unpaired) electrons. The first kappa shape index (κ1) is 11.7. The van der Waals surface area contributed by atoms with Crippen molar-refractivity contribution in [3.05, 3.63) is 35.4 Å². The van der Waals surface area contributed by atoms with Crippen molar-refractivity contribution >= 4 is 17.3 Å². The smallest absolute Gasteiger partial charge is 0.250 e. The van der Waals surface area contributed by atoms with Crippen LogP contribution in [0.1, 0.15) is 25.8 Å². The van der Waals surface area contributed by atoms with Gasteiger partial charge in [0.25, 0.3) is 5.91 Å². The zero-order chi connectivity index (χ0) is 12.3. The Hall–Kier alpha value is -1.77. The summed E-state index contributed by atoms with van der Waals surface area (Å²) in [6.07, 6.45) is 4.10. The summed E-state index contributed by atoms with van der Waals surface area (Å²) in [6.45, 7) is 4.69. The van der Waals surface area contributed by atoms with Crippen molar-refractivity contribution in [3.8, 4) is 0 Å². The minimum atomic E-state index is -0.0386. The van der Waals surface area contributed by atoms with Crippen molar-refractivity contribution in [2.45, 2.75) is 26.7 Å². The largest absolute Gasteiger partial charge is 0.385 e. The molecule has 1 aliphatic heterocycles. The van der Waals surface area contributed by atoms with Gasteiger partial charge in [0, 0.05) is 23.5 Å². The van der Waals surface area contributed by atoms with Gasteiger partial charge < -0.3 is 10.6 Å². The van der Waals surface area contributed by atoms with E-state index in [9.17, 15) is 4.79 Å². The molecule has 0 atom stereocenters. The van der Waals surface area contributed by atoms with Crippen LogP contribution in [0.25, 0.3) is 0 Å². The topological polar surface area (TPSA) is 41.1 Å². The first-order valence-electron chi connectivity index (χ1n) is 6.02. The first-order valence-corrected chi connectivity index (χ1v) is 6.02. The average Bonchev–Trinajstić information content (AvgIpc) is 2.37. The van der Waals surface area contributed by atoms with Crippen LogP contribution < -0.4 is 10.6 Å². The van der Waals surface area contributed by atoms with Gasteiger partial charge in [0.05, 0.1) is 0 Å². The molecule has 17 heavy (non-hydrogen) atoms. The number of nitrogens with one attached hydrogen (secondary N) is 2. The molecule has 2 rings (SSSR count). The molecule has 0 unspecified atom stereocenters. The van der Waals surface area contributed by atoms with Gasteiger partial charge in [-0.3, -0.25) is 4.79 Å². The number of anilines is 2. The van der Waals surface area contributed by atoms with Crippen molar-refractivity contribution in [3.63, 3.8) is 0 Å². The fourth-order valence-electron chi connectivity index (χ4n) is 1.90. The Morgan fingerprint density at radius 1 is 1.47 bits per heavy atom. The molecule has 1 aromatic carbocycles. The molecule has 2 N–H and O–H groups in total. The van der Waals surface area contributed by atoms with Gasteiger partial charge in [-0.2, -0.15) is 0 Å². The van der Waals surface area contributed by atoms with E-state index in [1.54, 1.807) is 0 Å². The van der Waals surface area contributed by atoms with E-state index in [0.717, 1.165) is 29.9 Å². The van der Waals surface area contributed by atoms with Crippen LogP contribution in [0.5, 0.6) is 0 Å². The number of hydrogen-bond donors (Lipinski definition) is 2. The molecule has 1 aromatic rings. The summed E-state index contributed by atoms with van der Waals surface area (Å²) in [7, 11) is 0. The fourth-order valence-corrected chi connectivity index (χ4v) is 1.90. The zero-order valence-electron chi connectivity index (χ0n) is 10.3. The monoisotopic (exact) mass is 230 g/mol. The number of hydrogen-bond acceptors (Lipinski definition) is 2. The molecule has 0 saturated heterocycles. The Kier molecular flexibility index (Phi) is 3.47. The van der Waals surface area contributed by atoms with Crippen molar-refractivity contribution in [2.75, 3.05) is 17.2 Å². The lowest BCUT2D eigenvalue weighted by molar-refractivity contribution is -0.112. The van der Waals surface area contributed by atoms with Crippen molar-refractivity contribution in [1.29, 1.82) is 0 Å². The number of aryl methyl sites for hydroxylation is 1. The quantitative estimate of drug-likeness (QED) is 0.767. The predicted molar refractivity (Wildman–Crippen MR) is 71.3 cm³/mol. The van der Waals surface area contributed by atoms with Gasteiger partial charge in [-0.05, 0) is 44.4 Å². The van der Waals surface area contributed by atoms with Crippen LogP contribution >= 0.6 is 0 Å². The highest BCUT2D eigenvalue weighted by Crippen LogP contribution is 2.25. The van der Waals surface area contributed by atoms with Gasteiger partial charge in [0.15, 0.2) is 0 Å². The first-order chi connectivity index (χ1) is 8.20.